The van der Waals surface area contributed by atoms with Crippen molar-refractivity contribution in [3.63, 3.8) is 0 Å². The van der Waals surface area contributed by atoms with Gasteiger partial charge in [0, 0.05) is 19.8 Å². The van der Waals surface area contributed by atoms with E-state index >= 15 is 0 Å². The van der Waals surface area contributed by atoms with Gasteiger partial charge in [0.1, 0.15) is 5.75 Å². The zero-order valence-corrected chi connectivity index (χ0v) is 13.3. The maximum Gasteiger partial charge on any atom is 0.183 e. The Bertz CT molecular complexity index is 657. The Labute approximate surface area is 131 Å². The van der Waals surface area contributed by atoms with Crippen molar-refractivity contribution in [3.05, 3.63) is 53.1 Å². The summed E-state index contributed by atoms with van der Waals surface area (Å²) in [6, 6.07) is 11.7. The number of methoxy groups -OCH3 is 2. The van der Waals surface area contributed by atoms with E-state index in [-0.39, 0.29) is 6.29 Å². The highest BCUT2D eigenvalue weighted by Gasteiger charge is 2.27. The van der Waals surface area contributed by atoms with Crippen molar-refractivity contribution in [2.45, 2.75) is 32.0 Å². The molecule has 1 unspecified atom stereocenters. The van der Waals surface area contributed by atoms with Gasteiger partial charge in [0.25, 0.3) is 0 Å². The van der Waals surface area contributed by atoms with E-state index in [9.17, 15) is 5.11 Å². The average Bonchev–Trinajstić information content (AvgIpc) is 2.92. The van der Waals surface area contributed by atoms with Crippen LogP contribution in [0, 0.1) is 0 Å². The Kier molecular flexibility index (Phi) is 4.19. The van der Waals surface area contributed by atoms with Crippen molar-refractivity contribution in [3.8, 4) is 16.9 Å². The number of benzene rings is 2. The van der Waals surface area contributed by atoms with Crippen molar-refractivity contribution in [2.75, 3.05) is 14.2 Å². The van der Waals surface area contributed by atoms with Crippen molar-refractivity contribution in [2.24, 2.45) is 0 Å². The van der Waals surface area contributed by atoms with E-state index in [0.29, 0.717) is 11.7 Å². The minimum Gasteiger partial charge on any atom is -0.508 e. The molecule has 1 atom stereocenters. The number of phenolic OH excluding ortho intramolecular Hbond substituents is 1. The van der Waals surface area contributed by atoms with Crippen molar-refractivity contribution in [1.29, 1.82) is 0 Å². The summed E-state index contributed by atoms with van der Waals surface area (Å²) in [4.78, 5) is 0. The molecule has 0 aromatic heterocycles. The van der Waals surface area contributed by atoms with Gasteiger partial charge in [-0.1, -0.05) is 31.2 Å². The Morgan fingerprint density at radius 3 is 2.36 bits per heavy atom. The topological polar surface area (TPSA) is 38.7 Å². The Morgan fingerprint density at radius 2 is 1.73 bits per heavy atom. The van der Waals surface area contributed by atoms with E-state index in [1.54, 1.807) is 26.4 Å². The van der Waals surface area contributed by atoms with Crippen LogP contribution in [0.15, 0.2) is 36.4 Å². The second kappa shape index (κ2) is 6.11. The molecule has 0 spiro atoms. The van der Waals surface area contributed by atoms with E-state index in [1.807, 2.05) is 12.1 Å². The van der Waals surface area contributed by atoms with Gasteiger partial charge in [-0.3, -0.25) is 0 Å². The quantitative estimate of drug-likeness (QED) is 0.850. The molecule has 1 aliphatic rings. The highest BCUT2D eigenvalue weighted by molar-refractivity contribution is 5.72. The van der Waals surface area contributed by atoms with E-state index in [2.05, 4.69) is 19.1 Å². The lowest BCUT2D eigenvalue weighted by molar-refractivity contribution is -0.106. The lowest BCUT2D eigenvalue weighted by atomic mass is 9.90. The molecule has 22 heavy (non-hydrogen) atoms. The van der Waals surface area contributed by atoms with E-state index in [0.717, 1.165) is 24.0 Å². The van der Waals surface area contributed by atoms with Gasteiger partial charge in [-0.25, -0.2) is 0 Å². The number of phenols is 1. The minimum absolute atomic E-state index is 0.295. The first-order chi connectivity index (χ1) is 10.7. The fraction of sp³-hybridized carbons (Fsp3) is 0.368. The zero-order chi connectivity index (χ0) is 15.7. The number of hydrogen-bond donors (Lipinski definition) is 1. The highest BCUT2D eigenvalue weighted by Crippen LogP contribution is 2.43. The molecule has 3 nitrogen and oxygen atoms in total. The summed E-state index contributed by atoms with van der Waals surface area (Å²) in [5.74, 6) is 0.817. The van der Waals surface area contributed by atoms with Gasteiger partial charge >= 0.3 is 0 Å². The van der Waals surface area contributed by atoms with Gasteiger partial charge in [-0.2, -0.15) is 0 Å². The third kappa shape index (κ3) is 2.51. The molecule has 0 bridgehead atoms. The Hall–Kier alpha value is -1.84. The smallest absolute Gasteiger partial charge is 0.183 e. The molecular weight excluding hydrogens is 276 g/mol. The highest BCUT2D eigenvalue weighted by atomic mass is 16.7. The van der Waals surface area contributed by atoms with Crippen molar-refractivity contribution >= 4 is 0 Å². The molecule has 0 saturated carbocycles. The number of rotatable bonds is 4. The number of aromatic hydroxyl groups is 1. The lowest BCUT2D eigenvalue weighted by Gasteiger charge is -2.20. The molecule has 2 aromatic rings. The average molecular weight is 298 g/mol. The van der Waals surface area contributed by atoms with Crippen LogP contribution in [0.4, 0.5) is 0 Å². The first-order valence-electron chi connectivity index (χ1n) is 7.66. The Morgan fingerprint density at radius 1 is 1.05 bits per heavy atom. The summed E-state index contributed by atoms with van der Waals surface area (Å²) in [5, 5.41) is 9.50. The van der Waals surface area contributed by atoms with Crippen LogP contribution in [-0.4, -0.2) is 19.3 Å². The van der Waals surface area contributed by atoms with Crippen molar-refractivity contribution < 1.29 is 14.6 Å². The van der Waals surface area contributed by atoms with Crippen LogP contribution in [0.5, 0.6) is 5.75 Å². The van der Waals surface area contributed by atoms with E-state index in [4.69, 9.17) is 9.47 Å². The molecule has 116 valence electrons. The summed E-state index contributed by atoms with van der Waals surface area (Å²) >= 11 is 0. The number of hydrogen-bond acceptors (Lipinski definition) is 3. The van der Waals surface area contributed by atoms with Crippen LogP contribution in [-0.2, 0) is 15.9 Å². The van der Waals surface area contributed by atoms with Gasteiger partial charge < -0.3 is 14.6 Å². The molecule has 3 rings (SSSR count). The minimum atomic E-state index is -0.312. The van der Waals surface area contributed by atoms with E-state index < -0.39 is 0 Å². The van der Waals surface area contributed by atoms with Crippen LogP contribution in [0.25, 0.3) is 11.1 Å². The maximum atomic E-state index is 9.50. The monoisotopic (exact) mass is 298 g/mol. The molecule has 0 saturated heterocycles. The molecule has 3 heteroatoms. The fourth-order valence-corrected chi connectivity index (χ4v) is 3.49. The van der Waals surface area contributed by atoms with Gasteiger partial charge in [0.05, 0.1) is 0 Å². The SMILES string of the molecule is COC(OC)c1ccc(-c2ccc(O)cc2)c2c1CCC2C. The number of ether oxygens (including phenoxy) is 2. The first kappa shape index (κ1) is 15.1. The van der Waals surface area contributed by atoms with Crippen LogP contribution in [0.1, 0.15) is 42.2 Å². The molecular formula is C19H22O3. The van der Waals surface area contributed by atoms with Crippen LogP contribution >= 0.6 is 0 Å². The third-order valence-electron chi connectivity index (χ3n) is 4.57. The molecule has 0 amide bonds. The molecule has 0 heterocycles. The van der Waals surface area contributed by atoms with Crippen LogP contribution in [0.2, 0.25) is 0 Å². The largest absolute Gasteiger partial charge is 0.508 e. The summed E-state index contributed by atoms with van der Waals surface area (Å²) in [6.07, 6.45) is 1.89. The predicted octanol–water partition coefficient (Wildman–Crippen LogP) is 4.40. The normalized spacial score (nSPS) is 17.0. The van der Waals surface area contributed by atoms with E-state index in [1.165, 1.54) is 16.7 Å². The maximum absolute atomic E-state index is 9.50. The molecule has 0 fully saturated rings. The molecule has 0 aliphatic heterocycles. The molecule has 1 N–H and O–H groups in total. The standard InChI is InChI=1S/C19H22O3/c1-12-4-9-16-17(19(21-2)22-3)11-10-15(18(12)16)13-5-7-14(20)8-6-13/h5-8,10-12,19-20H,4,9H2,1-3H3. The van der Waals surface area contributed by atoms with Crippen LogP contribution < -0.4 is 0 Å². The fourth-order valence-electron chi connectivity index (χ4n) is 3.49. The molecule has 1 aliphatic carbocycles. The van der Waals surface area contributed by atoms with Crippen LogP contribution in [0.3, 0.4) is 0 Å². The Balaban J connectivity index is 2.14. The van der Waals surface area contributed by atoms with Gasteiger partial charge in [-0.15, -0.1) is 0 Å². The second-order valence-electron chi connectivity index (χ2n) is 5.88. The summed E-state index contributed by atoms with van der Waals surface area (Å²) < 4.78 is 10.9. The van der Waals surface area contributed by atoms with Crippen molar-refractivity contribution in [1.82, 2.24) is 0 Å². The predicted molar refractivity (Wildman–Crippen MR) is 87.0 cm³/mol. The lowest BCUT2D eigenvalue weighted by Crippen LogP contribution is -2.08. The summed E-state index contributed by atoms with van der Waals surface area (Å²) in [6.45, 7) is 2.27. The van der Waals surface area contributed by atoms with Gasteiger partial charge in [0.15, 0.2) is 6.29 Å². The molecule has 0 radical (unpaired) electrons. The first-order valence-corrected chi connectivity index (χ1v) is 7.66. The number of fused-ring (bicyclic) bond motifs is 1. The second-order valence-corrected chi connectivity index (χ2v) is 5.88. The molecule has 2 aromatic carbocycles. The summed E-state index contributed by atoms with van der Waals surface area (Å²) in [5.41, 5.74) is 6.26. The zero-order valence-electron chi connectivity index (χ0n) is 13.3. The summed E-state index contributed by atoms with van der Waals surface area (Å²) in [7, 11) is 3.35. The van der Waals surface area contributed by atoms with Gasteiger partial charge in [-0.05, 0) is 53.1 Å². The van der Waals surface area contributed by atoms with Gasteiger partial charge in [0.2, 0.25) is 0 Å². The third-order valence-corrected chi connectivity index (χ3v) is 4.57.